The highest BCUT2D eigenvalue weighted by Gasteiger charge is 2.34. The number of aliphatic imine (C=N–C) groups is 1. The van der Waals surface area contributed by atoms with Gasteiger partial charge in [0.1, 0.15) is 23.0 Å². The zero-order valence-corrected chi connectivity index (χ0v) is 10.9. The van der Waals surface area contributed by atoms with E-state index in [4.69, 9.17) is 11.5 Å². The first-order valence-electron chi connectivity index (χ1n) is 6.16. The molecule has 0 aliphatic carbocycles. The fourth-order valence-electron chi connectivity index (χ4n) is 2.61. The molecule has 0 spiro atoms. The molecule has 1 aliphatic heterocycles. The first kappa shape index (κ1) is 12.7. The van der Waals surface area contributed by atoms with Crippen LogP contribution >= 0.6 is 0 Å². The van der Waals surface area contributed by atoms with Crippen LogP contribution in [0, 0.1) is 11.6 Å². The monoisotopic (exact) mass is 276 g/mol. The van der Waals surface area contributed by atoms with Crippen LogP contribution in [0.4, 0.5) is 14.5 Å². The number of hydrogen-bond acceptors (Lipinski definition) is 3. The summed E-state index contributed by atoms with van der Waals surface area (Å²) in [5.41, 5.74) is 12.0. The summed E-state index contributed by atoms with van der Waals surface area (Å²) < 4.78 is 29.0. The zero-order chi connectivity index (χ0) is 14.5. The summed E-state index contributed by atoms with van der Waals surface area (Å²) in [5.74, 6) is -0.616. The number of halogens is 2. The lowest BCUT2D eigenvalue weighted by Gasteiger charge is -2.32. The third-order valence-corrected chi connectivity index (χ3v) is 3.54. The van der Waals surface area contributed by atoms with E-state index in [1.165, 1.54) is 30.5 Å². The summed E-state index contributed by atoms with van der Waals surface area (Å²) in [7, 11) is 0. The summed E-state index contributed by atoms with van der Waals surface area (Å²) in [4.78, 5) is 4.35. The van der Waals surface area contributed by atoms with Crippen molar-refractivity contribution in [1.82, 2.24) is 4.57 Å². The van der Waals surface area contributed by atoms with Crippen molar-refractivity contribution in [3.8, 4) is 0 Å². The van der Waals surface area contributed by atoms with Gasteiger partial charge in [0.25, 0.3) is 0 Å². The van der Waals surface area contributed by atoms with Crippen LogP contribution in [0.5, 0.6) is 0 Å². The first-order valence-corrected chi connectivity index (χ1v) is 6.16. The van der Waals surface area contributed by atoms with Crippen molar-refractivity contribution in [1.29, 1.82) is 0 Å². The van der Waals surface area contributed by atoms with Gasteiger partial charge in [-0.15, -0.1) is 0 Å². The Morgan fingerprint density at radius 2 is 2.00 bits per heavy atom. The molecule has 4 N–H and O–H groups in total. The molecule has 3 rings (SSSR count). The molecule has 0 radical (unpaired) electrons. The second-order valence-corrected chi connectivity index (χ2v) is 5.18. The molecule has 20 heavy (non-hydrogen) atoms. The summed E-state index contributed by atoms with van der Waals surface area (Å²) in [5, 5.41) is 0. The molecule has 1 aromatic heterocycles. The Morgan fingerprint density at radius 1 is 1.25 bits per heavy atom. The third-order valence-electron chi connectivity index (χ3n) is 3.54. The van der Waals surface area contributed by atoms with Crippen LogP contribution < -0.4 is 11.5 Å². The number of anilines is 1. The van der Waals surface area contributed by atoms with Gasteiger partial charge in [-0.2, -0.15) is 0 Å². The van der Waals surface area contributed by atoms with Gasteiger partial charge in [0.2, 0.25) is 0 Å². The molecule has 1 aliphatic rings. The maximum absolute atomic E-state index is 14.1. The van der Waals surface area contributed by atoms with Crippen LogP contribution in [-0.2, 0) is 12.1 Å². The molecule has 2 aromatic rings. The SMILES string of the molecule is CC1(c2cc(N)ccc2F)Cn2cc(F)cc2C(N)=N1. The number of hydrogen-bond donors (Lipinski definition) is 2. The minimum Gasteiger partial charge on any atom is -0.399 e. The number of aromatic nitrogens is 1. The van der Waals surface area contributed by atoms with Crippen LogP contribution in [0.3, 0.4) is 0 Å². The third kappa shape index (κ3) is 1.84. The maximum Gasteiger partial charge on any atom is 0.143 e. The Balaban J connectivity index is 2.14. The second-order valence-electron chi connectivity index (χ2n) is 5.18. The molecule has 0 fully saturated rings. The number of benzene rings is 1. The second kappa shape index (κ2) is 4.06. The standard InChI is InChI=1S/C14H14F2N4/c1-14(10-5-9(17)2-3-11(10)16)7-20-6-8(15)4-12(20)13(18)19-14/h2-6H,7,17H2,1H3,(H2,18,19). The van der Waals surface area contributed by atoms with Crippen LogP contribution in [0.1, 0.15) is 18.2 Å². The highest BCUT2D eigenvalue weighted by Crippen LogP contribution is 2.34. The van der Waals surface area contributed by atoms with E-state index < -0.39 is 17.2 Å². The molecular weight excluding hydrogens is 262 g/mol. The van der Waals surface area contributed by atoms with Crippen LogP contribution in [0.15, 0.2) is 35.5 Å². The van der Waals surface area contributed by atoms with Gasteiger partial charge in [0.15, 0.2) is 0 Å². The molecule has 104 valence electrons. The predicted molar refractivity (Wildman–Crippen MR) is 73.3 cm³/mol. The van der Waals surface area contributed by atoms with Crippen molar-refractivity contribution in [2.75, 3.05) is 5.73 Å². The average molecular weight is 276 g/mol. The van der Waals surface area contributed by atoms with E-state index in [0.29, 0.717) is 23.5 Å². The van der Waals surface area contributed by atoms with E-state index in [2.05, 4.69) is 4.99 Å². The highest BCUT2D eigenvalue weighted by molar-refractivity contribution is 5.97. The van der Waals surface area contributed by atoms with Crippen molar-refractivity contribution in [3.63, 3.8) is 0 Å². The van der Waals surface area contributed by atoms with Gasteiger partial charge < -0.3 is 16.0 Å². The van der Waals surface area contributed by atoms with Gasteiger partial charge in [-0.25, -0.2) is 8.78 Å². The fourth-order valence-corrected chi connectivity index (χ4v) is 2.61. The van der Waals surface area contributed by atoms with E-state index in [1.54, 1.807) is 11.5 Å². The Bertz CT molecular complexity index is 720. The maximum atomic E-state index is 14.1. The van der Waals surface area contributed by atoms with Gasteiger partial charge in [0.05, 0.1) is 12.2 Å². The summed E-state index contributed by atoms with van der Waals surface area (Å²) >= 11 is 0. The summed E-state index contributed by atoms with van der Waals surface area (Å²) in [6.45, 7) is 2.05. The topological polar surface area (TPSA) is 69.3 Å². The lowest BCUT2D eigenvalue weighted by atomic mass is 9.90. The number of nitrogens with two attached hydrogens (primary N) is 2. The fraction of sp³-hybridized carbons (Fsp3) is 0.214. The largest absolute Gasteiger partial charge is 0.399 e. The molecule has 0 saturated heterocycles. The lowest BCUT2D eigenvalue weighted by Crippen LogP contribution is -2.37. The van der Waals surface area contributed by atoms with Crippen LogP contribution in [-0.4, -0.2) is 10.4 Å². The van der Waals surface area contributed by atoms with Crippen LogP contribution in [0.2, 0.25) is 0 Å². The summed E-state index contributed by atoms with van der Waals surface area (Å²) in [6, 6.07) is 5.64. The van der Waals surface area contributed by atoms with Crippen molar-refractivity contribution in [3.05, 3.63) is 53.4 Å². The van der Waals surface area contributed by atoms with Gasteiger partial charge >= 0.3 is 0 Å². The Morgan fingerprint density at radius 3 is 2.75 bits per heavy atom. The minimum atomic E-state index is -0.915. The Hall–Kier alpha value is -2.37. The van der Waals surface area contributed by atoms with Crippen molar-refractivity contribution in [2.24, 2.45) is 10.7 Å². The van der Waals surface area contributed by atoms with E-state index in [9.17, 15) is 8.78 Å². The normalized spacial score (nSPS) is 21.4. The average Bonchev–Trinajstić information content (AvgIpc) is 2.73. The minimum absolute atomic E-state index is 0.185. The number of amidine groups is 1. The first-order chi connectivity index (χ1) is 9.39. The van der Waals surface area contributed by atoms with Gasteiger partial charge in [-0.3, -0.25) is 4.99 Å². The van der Waals surface area contributed by atoms with E-state index in [1.807, 2.05) is 0 Å². The molecule has 0 amide bonds. The van der Waals surface area contributed by atoms with Crippen molar-refractivity contribution in [2.45, 2.75) is 19.0 Å². The molecule has 4 nitrogen and oxygen atoms in total. The van der Waals surface area contributed by atoms with Crippen molar-refractivity contribution >= 4 is 11.5 Å². The van der Waals surface area contributed by atoms with E-state index >= 15 is 0 Å². The molecule has 0 saturated carbocycles. The zero-order valence-electron chi connectivity index (χ0n) is 10.9. The van der Waals surface area contributed by atoms with Gasteiger partial charge in [-0.1, -0.05) is 0 Å². The highest BCUT2D eigenvalue weighted by atomic mass is 19.1. The number of fused-ring (bicyclic) bond motifs is 1. The quantitative estimate of drug-likeness (QED) is 0.782. The Kier molecular flexibility index (Phi) is 2.57. The molecule has 6 heteroatoms. The van der Waals surface area contributed by atoms with Crippen molar-refractivity contribution < 1.29 is 8.78 Å². The van der Waals surface area contributed by atoms with Gasteiger partial charge in [0, 0.05) is 23.5 Å². The molecule has 1 atom stereocenters. The molecule has 1 unspecified atom stereocenters. The van der Waals surface area contributed by atoms with Crippen LogP contribution in [0.25, 0.3) is 0 Å². The lowest BCUT2D eigenvalue weighted by molar-refractivity contribution is 0.384. The number of nitrogens with zero attached hydrogens (tertiary/aromatic N) is 2. The van der Waals surface area contributed by atoms with E-state index in [-0.39, 0.29) is 5.84 Å². The molecule has 2 heterocycles. The molecule has 0 bridgehead atoms. The summed E-state index contributed by atoms with van der Waals surface area (Å²) in [6.07, 6.45) is 1.33. The predicted octanol–water partition coefficient (Wildman–Crippen LogP) is 1.98. The smallest absolute Gasteiger partial charge is 0.143 e. The Labute approximate surface area is 114 Å². The number of nitrogen functional groups attached to an aromatic ring is 1. The van der Waals surface area contributed by atoms with E-state index in [0.717, 1.165) is 0 Å². The number of rotatable bonds is 1. The molecular formula is C14H14F2N4. The molecule has 1 aromatic carbocycles. The van der Waals surface area contributed by atoms with Gasteiger partial charge in [-0.05, 0) is 25.1 Å².